The lowest BCUT2D eigenvalue weighted by Crippen LogP contribution is -2.46. The summed E-state index contributed by atoms with van der Waals surface area (Å²) in [6.45, 7) is 3.35. The van der Waals surface area contributed by atoms with Gasteiger partial charge in [0.25, 0.3) is 5.91 Å². The Kier molecular flexibility index (Phi) is 4.84. The second-order valence-corrected chi connectivity index (χ2v) is 6.73. The second-order valence-electron chi connectivity index (χ2n) is 5.67. The van der Waals surface area contributed by atoms with E-state index in [0.29, 0.717) is 30.4 Å². The molecule has 0 bridgehead atoms. The molecular formula is C16H20N4O3S. The number of aromatic nitrogens is 1. The topological polar surface area (TPSA) is 97.5 Å². The molecule has 3 rings (SSSR count). The summed E-state index contributed by atoms with van der Waals surface area (Å²) in [6.07, 6.45) is 1.16. The van der Waals surface area contributed by atoms with Crippen molar-refractivity contribution in [3.8, 4) is 0 Å². The first-order valence-corrected chi connectivity index (χ1v) is 8.77. The number of nitrogens with two attached hydrogens (primary N) is 1. The lowest BCUT2D eigenvalue weighted by Gasteiger charge is -2.31. The van der Waals surface area contributed by atoms with Crippen LogP contribution >= 0.6 is 11.3 Å². The summed E-state index contributed by atoms with van der Waals surface area (Å²) in [5.74, 6) is -0.113. The number of nitrogen functional groups attached to an aromatic ring is 1. The van der Waals surface area contributed by atoms with E-state index in [0.717, 1.165) is 23.1 Å². The molecule has 1 aromatic carbocycles. The summed E-state index contributed by atoms with van der Waals surface area (Å²) in [6, 6.07) is 5.43. The number of anilines is 1. The summed E-state index contributed by atoms with van der Waals surface area (Å²) in [7, 11) is 0. The van der Waals surface area contributed by atoms with E-state index < -0.39 is 0 Å². The minimum absolute atomic E-state index is 0.0606. The number of rotatable bonds is 3. The SMILES string of the molecule is CCOC(=O)N1CCC(NC(=O)c2ccc3nc(N)sc3c2)CC1. The van der Waals surface area contributed by atoms with Crippen LogP contribution in [0.2, 0.25) is 0 Å². The van der Waals surface area contributed by atoms with Crippen LogP contribution in [0.4, 0.5) is 9.93 Å². The standard InChI is InChI=1S/C16H20N4O3S/c1-2-23-16(22)20-7-5-11(6-8-20)18-14(21)10-3-4-12-13(9-10)24-15(17)19-12/h3-4,9,11H,2,5-8H2,1H3,(H2,17,19)(H,18,21). The van der Waals surface area contributed by atoms with Gasteiger partial charge in [-0.2, -0.15) is 0 Å². The zero-order valence-electron chi connectivity index (χ0n) is 13.4. The van der Waals surface area contributed by atoms with E-state index in [-0.39, 0.29) is 18.0 Å². The Hall–Kier alpha value is -2.35. The average molecular weight is 348 g/mol. The third kappa shape index (κ3) is 3.59. The van der Waals surface area contributed by atoms with Gasteiger partial charge in [0, 0.05) is 24.7 Å². The summed E-state index contributed by atoms with van der Waals surface area (Å²) in [5, 5.41) is 3.53. The molecule has 0 spiro atoms. The van der Waals surface area contributed by atoms with E-state index in [2.05, 4.69) is 10.3 Å². The highest BCUT2D eigenvalue weighted by Crippen LogP contribution is 2.24. The molecule has 8 heteroatoms. The molecule has 24 heavy (non-hydrogen) atoms. The van der Waals surface area contributed by atoms with E-state index in [4.69, 9.17) is 10.5 Å². The molecule has 0 saturated carbocycles. The number of fused-ring (bicyclic) bond motifs is 1. The molecule has 2 aromatic rings. The van der Waals surface area contributed by atoms with Crippen molar-refractivity contribution in [2.75, 3.05) is 25.4 Å². The fraction of sp³-hybridized carbons (Fsp3) is 0.438. The van der Waals surface area contributed by atoms with Crippen molar-refractivity contribution < 1.29 is 14.3 Å². The van der Waals surface area contributed by atoms with Gasteiger partial charge < -0.3 is 20.7 Å². The number of thiazole rings is 1. The van der Waals surface area contributed by atoms with E-state index in [1.54, 1.807) is 24.0 Å². The molecular weight excluding hydrogens is 328 g/mol. The fourth-order valence-corrected chi connectivity index (χ4v) is 3.55. The number of carbonyl (C=O) groups excluding carboxylic acids is 2. The van der Waals surface area contributed by atoms with Crippen molar-refractivity contribution in [3.63, 3.8) is 0 Å². The Morgan fingerprint density at radius 3 is 2.88 bits per heavy atom. The predicted octanol–water partition coefficient (Wildman–Crippen LogP) is 2.23. The maximum atomic E-state index is 12.4. The van der Waals surface area contributed by atoms with Gasteiger partial charge in [0.1, 0.15) is 0 Å². The van der Waals surface area contributed by atoms with Crippen LogP contribution in [0.3, 0.4) is 0 Å². The van der Waals surface area contributed by atoms with E-state index >= 15 is 0 Å². The number of carbonyl (C=O) groups is 2. The van der Waals surface area contributed by atoms with Gasteiger partial charge >= 0.3 is 6.09 Å². The number of amides is 2. The first-order chi connectivity index (χ1) is 11.6. The zero-order chi connectivity index (χ0) is 17.1. The summed E-state index contributed by atoms with van der Waals surface area (Å²) in [4.78, 5) is 30.0. The van der Waals surface area contributed by atoms with Crippen molar-refractivity contribution in [2.45, 2.75) is 25.8 Å². The third-order valence-electron chi connectivity index (χ3n) is 4.02. The molecule has 2 amide bonds. The minimum Gasteiger partial charge on any atom is -0.450 e. The summed E-state index contributed by atoms with van der Waals surface area (Å²) < 4.78 is 5.89. The van der Waals surface area contributed by atoms with Gasteiger partial charge in [-0.05, 0) is 38.0 Å². The quantitative estimate of drug-likeness (QED) is 0.886. The molecule has 1 saturated heterocycles. The molecule has 7 nitrogen and oxygen atoms in total. The maximum Gasteiger partial charge on any atom is 0.409 e. The van der Waals surface area contributed by atoms with Gasteiger partial charge in [0.15, 0.2) is 5.13 Å². The molecule has 0 aliphatic carbocycles. The number of benzene rings is 1. The number of hydrogen-bond donors (Lipinski definition) is 2. The van der Waals surface area contributed by atoms with Crippen molar-refractivity contribution in [1.29, 1.82) is 0 Å². The van der Waals surface area contributed by atoms with Crippen LogP contribution in [0, 0.1) is 0 Å². The Morgan fingerprint density at radius 2 is 2.17 bits per heavy atom. The number of piperidine rings is 1. The number of nitrogens with one attached hydrogen (secondary N) is 1. The number of ether oxygens (including phenoxy) is 1. The van der Waals surface area contributed by atoms with Gasteiger partial charge in [-0.3, -0.25) is 4.79 Å². The molecule has 3 N–H and O–H groups in total. The molecule has 128 valence electrons. The first-order valence-electron chi connectivity index (χ1n) is 7.95. The second kappa shape index (κ2) is 7.04. The van der Waals surface area contributed by atoms with Crippen molar-refractivity contribution >= 4 is 38.7 Å². The fourth-order valence-electron chi connectivity index (χ4n) is 2.77. The maximum absolute atomic E-state index is 12.4. The highest BCUT2D eigenvalue weighted by atomic mass is 32.1. The number of likely N-dealkylation sites (tertiary alicyclic amines) is 1. The third-order valence-corrected chi connectivity index (χ3v) is 4.87. The van der Waals surface area contributed by atoms with Gasteiger partial charge in [-0.15, -0.1) is 0 Å². The van der Waals surface area contributed by atoms with Crippen LogP contribution in [0.1, 0.15) is 30.1 Å². The van der Waals surface area contributed by atoms with Gasteiger partial charge in [-0.1, -0.05) is 11.3 Å². The molecule has 1 aliphatic heterocycles. The smallest absolute Gasteiger partial charge is 0.409 e. The number of hydrogen-bond acceptors (Lipinski definition) is 6. The van der Waals surface area contributed by atoms with Crippen molar-refractivity contribution in [3.05, 3.63) is 23.8 Å². The predicted molar refractivity (Wildman–Crippen MR) is 93.1 cm³/mol. The van der Waals surface area contributed by atoms with Gasteiger partial charge in [0.2, 0.25) is 0 Å². The molecule has 0 atom stereocenters. The lowest BCUT2D eigenvalue weighted by molar-refractivity contribution is 0.0860. The lowest BCUT2D eigenvalue weighted by atomic mass is 10.0. The highest BCUT2D eigenvalue weighted by molar-refractivity contribution is 7.22. The van der Waals surface area contributed by atoms with Crippen LogP contribution in [0.15, 0.2) is 18.2 Å². The molecule has 1 aliphatic rings. The molecule has 1 aromatic heterocycles. The first kappa shape index (κ1) is 16.5. The Balaban J connectivity index is 1.58. The highest BCUT2D eigenvalue weighted by Gasteiger charge is 2.24. The van der Waals surface area contributed by atoms with Crippen LogP contribution in [-0.4, -0.2) is 47.6 Å². The van der Waals surface area contributed by atoms with E-state index in [1.807, 2.05) is 6.07 Å². The van der Waals surface area contributed by atoms with Gasteiger partial charge in [-0.25, -0.2) is 9.78 Å². The molecule has 0 unspecified atom stereocenters. The van der Waals surface area contributed by atoms with Crippen LogP contribution in [0.5, 0.6) is 0 Å². The minimum atomic E-state index is -0.282. The van der Waals surface area contributed by atoms with E-state index in [1.165, 1.54) is 11.3 Å². The van der Waals surface area contributed by atoms with Crippen LogP contribution < -0.4 is 11.1 Å². The Labute approximate surface area is 143 Å². The van der Waals surface area contributed by atoms with Crippen LogP contribution in [-0.2, 0) is 4.74 Å². The summed E-state index contributed by atoms with van der Waals surface area (Å²) in [5.41, 5.74) is 7.09. The van der Waals surface area contributed by atoms with Crippen molar-refractivity contribution in [2.24, 2.45) is 0 Å². The van der Waals surface area contributed by atoms with Crippen LogP contribution in [0.25, 0.3) is 10.2 Å². The average Bonchev–Trinajstić information content (AvgIpc) is 2.94. The zero-order valence-corrected chi connectivity index (χ0v) is 14.3. The van der Waals surface area contributed by atoms with Crippen molar-refractivity contribution in [1.82, 2.24) is 15.2 Å². The normalized spacial score (nSPS) is 15.5. The van der Waals surface area contributed by atoms with Gasteiger partial charge in [0.05, 0.1) is 16.8 Å². The number of nitrogens with zero attached hydrogens (tertiary/aromatic N) is 2. The Bertz CT molecular complexity index is 753. The Morgan fingerprint density at radius 1 is 1.42 bits per heavy atom. The molecule has 1 fully saturated rings. The molecule has 0 radical (unpaired) electrons. The monoisotopic (exact) mass is 348 g/mol. The largest absolute Gasteiger partial charge is 0.450 e. The summed E-state index contributed by atoms with van der Waals surface area (Å²) >= 11 is 1.37. The molecule has 2 heterocycles. The van der Waals surface area contributed by atoms with E-state index in [9.17, 15) is 9.59 Å².